The lowest BCUT2D eigenvalue weighted by atomic mass is 10.2. The van der Waals surface area contributed by atoms with Crippen LogP contribution in [0.3, 0.4) is 0 Å². The summed E-state index contributed by atoms with van der Waals surface area (Å²) in [5.41, 5.74) is 10.0. The minimum atomic E-state index is 0.714. The molecule has 2 aromatic rings. The Balaban J connectivity index is 2.50. The summed E-state index contributed by atoms with van der Waals surface area (Å²) in [6, 6.07) is 9.65. The Morgan fingerprint density at radius 1 is 0.933 bits per heavy atom. The van der Waals surface area contributed by atoms with Gasteiger partial charge in [-0.3, -0.25) is 4.98 Å². The maximum Gasteiger partial charge on any atom is 0.0891 e. The Hall–Kier alpha value is -1.90. The third kappa shape index (κ3) is 1.96. The van der Waals surface area contributed by atoms with Crippen LogP contribution in [-0.4, -0.2) is 9.97 Å². The molecule has 0 saturated carbocycles. The van der Waals surface area contributed by atoms with Crippen molar-refractivity contribution < 1.29 is 0 Å². The number of nitrogens with two attached hydrogens (primary N) is 1. The van der Waals surface area contributed by atoms with Gasteiger partial charge in [0.05, 0.1) is 22.8 Å². The number of nitrogen functional groups attached to an aromatic ring is 1. The molecule has 3 heteroatoms. The Morgan fingerprint density at radius 2 is 1.67 bits per heavy atom. The summed E-state index contributed by atoms with van der Waals surface area (Å²) >= 11 is 0. The van der Waals surface area contributed by atoms with Gasteiger partial charge in [0.25, 0.3) is 0 Å². The molecule has 0 amide bonds. The molecule has 0 unspecified atom stereocenters. The van der Waals surface area contributed by atoms with Crippen molar-refractivity contribution in [3.05, 3.63) is 41.7 Å². The summed E-state index contributed by atoms with van der Waals surface area (Å²) in [7, 11) is 0. The highest BCUT2D eigenvalue weighted by molar-refractivity contribution is 5.58. The third-order valence-corrected chi connectivity index (χ3v) is 2.28. The first-order valence-corrected chi connectivity index (χ1v) is 4.84. The molecule has 0 aromatic carbocycles. The van der Waals surface area contributed by atoms with Crippen LogP contribution in [0, 0.1) is 13.8 Å². The number of hydrogen-bond acceptors (Lipinski definition) is 3. The third-order valence-electron chi connectivity index (χ3n) is 2.28. The first-order chi connectivity index (χ1) is 7.16. The summed E-state index contributed by atoms with van der Waals surface area (Å²) < 4.78 is 0. The molecule has 0 saturated heterocycles. The van der Waals surface area contributed by atoms with Crippen molar-refractivity contribution in [1.29, 1.82) is 0 Å². The topological polar surface area (TPSA) is 51.8 Å². The quantitative estimate of drug-likeness (QED) is 0.767. The normalized spacial score (nSPS) is 10.3. The van der Waals surface area contributed by atoms with Crippen LogP contribution in [-0.2, 0) is 0 Å². The largest absolute Gasteiger partial charge is 0.397 e. The van der Waals surface area contributed by atoms with E-state index in [9.17, 15) is 0 Å². The fourth-order valence-electron chi connectivity index (χ4n) is 1.40. The van der Waals surface area contributed by atoms with Crippen molar-refractivity contribution in [1.82, 2.24) is 9.97 Å². The van der Waals surface area contributed by atoms with Gasteiger partial charge in [-0.15, -0.1) is 0 Å². The van der Waals surface area contributed by atoms with E-state index in [1.54, 1.807) is 0 Å². The second-order valence-corrected chi connectivity index (χ2v) is 3.54. The van der Waals surface area contributed by atoms with E-state index in [0.717, 1.165) is 22.8 Å². The number of aromatic nitrogens is 2. The second-order valence-electron chi connectivity index (χ2n) is 3.54. The molecule has 76 valence electrons. The lowest BCUT2D eigenvalue weighted by Gasteiger charge is -2.04. The van der Waals surface area contributed by atoms with Crippen LogP contribution in [0.5, 0.6) is 0 Å². The van der Waals surface area contributed by atoms with E-state index < -0.39 is 0 Å². The number of aryl methyl sites for hydroxylation is 2. The van der Waals surface area contributed by atoms with Gasteiger partial charge in [0.15, 0.2) is 0 Å². The fraction of sp³-hybridized carbons (Fsp3) is 0.167. The molecular weight excluding hydrogens is 186 g/mol. The summed E-state index contributed by atoms with van der Waals surface area (Å²) in [6.07, 6.45) is 0. The van der Waals surface area contributed by atoms with Crippen LogP contribution < -0.4 is 5.73 Å². The van der Waals surface area contributed by atoms with Crippen molar-refractivity contribution in [2.45, 2.75) is 13.8 Å². The van der Waals surface area contributed by atoms with E-state index in [2.05, 4.69) is 9.97 Å². The van der Waals surface area contributed by atoms with Crippen molar-refractivity contribution in [3.63, 3.8) is 0 Å². The lowest BCUT2D eigenvalue weighted by Crippen LogP contribution is -1.95. The maximum absolute atomic E-state index is 5.71. The fourth-order valence-corrected chi connectivity index (χ4v) is 1.40. The monoisotopic (exact) mass is 199 g/mol. The average molecular weight is 199 g/mol. The molecular formula is C12H13N3. The van der Waals surface area contributed by atoms with Gasteiger partial charge in [-0.05, 0) is 38.1 Å². The highest BCUT2D eigenvalue weighted by atomic mass is 14.8. The van der Waals surface area contributed by atoms with Crippen LogP contribution in [0.25, 0.3) is 11.4 Å². The number of rotatable bonds is 1. The summed E-state index contributed by atoms with van der Waals surface area (Å²) in [4.78, 5) is 8.81. The van der Waals surface area contributed by atoms with Crippen LogP contribution >= 0.6 is 0 Å². The molecule has 3 nitrogen and oxygen atoms in total. The van der Waals surface area contributed by atoms with E-state index in [1.165, 1.54) is 0 Å². The molecule has 2 aromatic heterocycles. The van der Waals surface area contributed by atoms with E-state index in [4.69, 9.17) is 5.73 Å². The predicted molar refractivity (Wildman–Crippen MR) is 61.4 cm³/mol. The Morgan fingerprint density at radius 3 is 2.33 bits per heavy atom. The summed E-state index contributed by atoms with van der Waals surface area (Å²) in [5.74, 6) is 0. The first-order valence-electron chi connectivity index (χ1n) is 4.84. The second kappa shape index (κ2) is 3.69. The van der Waals surface area contributed by atoms with Gasteiger partial charge >= 0.3 is 0 Å². The minimum Gasteiger partial charge on any atom is -0.397 e. The van der Waals surface area contributed by atoms with E-state index in [-0.39, 0.29) is 0 Å². The Bertz CT molecular complexity index is 492. The summed E-state index contributed by atoms with van der Waals surface area (Å²) in [5, 5.41) is 0. The van der Waals surface area contributed by atoms with E-state index in [1.807, 2.05) is 44.2 Å². The van der Waals surface area contributed by atoms with Gasteiger partial charge in [0.1, 0.15) is 0 Å². The highest BCUT2D eigenvalue weighted by Crippen LogP contribution is 2.17. The molecule has 2 rings (SSSR count). The SMILES string of the molecule is Cc1cccc(-c2ccc(N)c(C)n2)n1. The molecule has 0 spiro atoms. The molecule has 0 aliphatic carbocycles. The number of hydrogen-bond donors (Lipinski definition) is 1. The predicted octanol–water partition coefficient (Wildman–Crippen LogP) is 2.34. The van der Waals surface area contributed by atoms with Gasteiger partial charge in [0, 0.05) is 5.69 Å². The van der Waals surface area contributed by atoms with Gasteiger partial charge in [-0.2, -0.15) is 0 Å². The van der Waals surface area contributed by atoms with Crippen molar-refractivity contribution in [2.75, 3.05) is 5.73 Å². The Labute approximate surface area is 89.0 Å². The smallest absolute Gasteiger partial charge is 0.0891 e. The molecule has 0 fully saturated rings. The Kier molecular flexibility index (Phi) is 2.37. The van der Waals surface area contributed by atoms with Gasteiger partial charge in [-0.1, -0.05) is 6.07 Å². The van der Waals surface area contributed by atoms with Crippen molar-refractivity contribution in [3.8, 4) is 11.4 Å². The van der Waals surface area contributed by atoms with Crippen molar-refractivity contribution in [2.24, 2.45) is 0 Å². The zero-order valence-electron chi connectivity index (χ0n) is 8.86. The van der Waals surface area contributed by atoms with Crippen LogP contribution in [0.2, 0.25) is 0 Å². The van der Waals surface area contributed by atoms with Crippen LogP contribution in [0.15, 0.2) is 30.3 Å². The van der Waals surface area contributed by atoms with Gasteiger partial charge < -0.3 is 5.73 Å². The van der Waals surface area contributed by atoms with Crippen LogP contribution in [0.4, 0.5) is 5.69 Å². The number of pyridine rings is 2. The number of nitrogens with zero attached hydrogens (tertiary/aromatic N) is 2. The lowest BCUT2D eigenvalue weighted by molar-refractivity contribution is 1.15. The molecule has 0 bridgehead atoms. The molecule has 2 N–H and O–H groups in total. The zero-order chi connectivity index (χ0) is 10.8. The zero-order valence-corrected chi connectivity index (χ0v) is 8.86. The molecule has 0 aliphatic heterocycles. The van der Waals surface area contributed by atoms with E-state index in [0.29, 0.717) is 5.69 Å². The minimum absolute atomic E-state index is 0.714. The van der Waals surface area contributed by atoms with Crippen molar-refractivity contribution >= 4 is 5.69 Å². The molecule has 0 aliphatic rings. The van der Waals surface area contributed by atoms with Gasteiger partial charge in [-0.25, -0.2) is 4.98 Å². The summed E-state index contributed by atoms with van der Waals surface area (Å²) in [6.45, 7) is 3.86. The van der Waals surface area contributed by atoms with Gasteiger partial charge in [0.2, 0.25) is 0 Å². The highest BCUT2D eigenvalue weighted by Gasteiger charge is 2.02. The molecule has 15 heavy (non-hydrogen) atoms. The standard InChI is InChI=1S/C12H13N3/c1-8-4-3-5-11(14-8)12-7-6-10(13)9(2)15-12/h3-7H,13H2,1-2H3. The maximum atomic E-state index is 5.71. The molecule has 2 heterocycles. The van der Waals surface area contributed by atoms with Crippen LogP contribution in [0.1, 0.15) is 11.4 Å². The molecule has 0 atom stereocenters. The average Bonchev–Trinajstić information content (AvgIpc) is 2.22. The first kappa shape index (κ1) is 9.65. The number of anilines is 1. The molecule has 0 radical (unpaired) electrons. The van der Waals surface area contributed by atoms with E-state index >= 15 is 0 Å².